The number of nitrogens with one attached hydrogen (secondary N) is 1. The van der Waals surface area contributed by atoms with E-state index in [1.807, 2.05) is 36.6 Å². The fourth-order valence-electron chi connectivity index (χ4n) is 2.20. The van der Waals surface area contributed by atoms with Crippen molar-refractivity contribution >= 4 is 46.3 Å². The third-order valence-electron chi connectivity index (χ3n) is 3.55. The number of carbonyl (C=O) groups excluding carboxylic acids is 1. The number of thiophene rings is 1. The third kappa shape index (κ3) is 4.44. The highest BCUT2D eigenvalue weighted by Crippen LogP contribution is 2.28. The molecule has 3 aromatic rings. The number of nitrogens with zero attached hydrogens (tertiary/aromatic N) is 2. The molecule has 1 amide bonds. The summed E-state index contributed by atoms with van der Waals surface area (Å²) in [5.41, 5.74) is 2.85. The van der Waals surface area contributed by atoms with Crippen molar-refractivity contribution in [3.63, 3.8) is 0 Å². The standard InChI is InChI=1S/C19H14ClN3OS2/c1-12-4-6-14(9-15(12)20)22-18(24)11-26-19-13(10-21)5-7-16(23-19)17-3-2-8-25-17/h2-9H,11H2,1H3,(H,22,24). The normalized spacial score (nSPS) is 10.3. The van der Waals surface area contributed by atoms with Gasteiger partial charge in [-0.05, 0) is 48.2 Å². The zero-order valence-electron chi connectivity index (χ0n) is 13.8. The first-order valence-corrected chi connectivity index (χ1v) is 9.95. The molecule has 0 aliphatic rings. The molecular weight excluding hydrogens is 386 g/mol. The molecule has 26 heavy (non-hydrogen) atoms. The van der Waals surface area contributed by atoms with Crippen molar-refractivity contribution in [1.82, 2.24) is 4.98 Å². The molecule has 0 fully saturated rings. The van der Waals surface area contributed by atoms with E-state index in [0.29, 0.717) is 21.3 Å². The van der Waals surface area contributed by atoms with Gasteiger partial charge in [0, 0.05) is 10.7 Å². The van der Waals surface area contributed by atoms with Crippen LogP contribution in [0.2, 0.25) is 5.02 Å². The maximum atomic E-state index is 12.2. The number of aromatic nitrogens is 1. The van der Waals surface area contributed by atoms with Gasteiger partial charge in [0.25, 0.3) is 0 Å². The van der Waals surface area contributed by atoms with Crippen molar-refractivity contribution in [2.24, 2.45) is 0 Å². The molecule has 1 N–H and O–H groups in total. The second kappa shape index (κ2) is 8.37. The van der Waals surface area contributed by atoms with E-state index in [0.717, 1.165) is 16.1 Å². The number of carbonyl (C=O) groups is 1. The molecule has 0 spiro atoms. The Balaban J connectivity index is 1.70. The molecule has 0 atom stereocenters. The quantitative estimate of drug-likeness (QED) is 0.585. The Labute approximate surface area is 164 Å². The van der Waals surface area contributed by atoms with Crippen LogP contribution in [0.5, 0.6) is 0 Å². The smallest absolute Gasteiger partial charge is 0.234 e. The van der Waals surface area contributed by atoms with Gasteiger partial charge in [0.2, 0.25) is 5.91 Å². The van der Waals surface area contributed by atoms with Gasteiger partial charge in [-0.1, -0.05) is 35.5 Å². The van der Waals surface area contributed by atoms with Crippen LogP contribution in [0.25, 0.3) is 10.6 Å². The summed E-state index contributed by atoms with van der Waals surface area (Å²) >= 11 is 8.90. The summed E-state index contributed by atoms with van der Waals surface area (Å²) in [6.45, 7) is 1.90. The van der Waals surface area contributed by atoms with E-state index in [9.17, 15) is 10.1 Å². The van der Waals surface area contributed by atoms with Gasteiger partial charge in [0.15, 0.2) is 0 Å². The van der Waals surface area contributed by atoms with E-state index in [1.54, 1.807) is 29.5 Å². The molecular formula is C19H14ClN3OS2. The molecule has 0 saturated carbocycles. The SMILES string of the molecule is Cc1ccc(NC(=O)CSc2nc(-c3cccs3)ccc2C#N)cc1Cl. The Morgan fingerprint density at radius 1 is 1.35 bits per heavy atom. The number of hydrogen-bond acceptors (Lipinski definition) is 5. The zero-order valence-corrected chi connectivity index (χ0v) is 16.2. The van der Waals surface area contributed by atoms with E-state index in [2.05, 4.69) is 16.4 Å². The molecule has 4 nitrogen and oxygen atoms in total. The van der Waals surface area contributed by atoms with Gasteiger partial charge < -0.3 is 5.32 Å². The average molecular weight is 400 g/mol. The average Bonchev–Trinajstić information content (AvgIpc) is 3.17. The lowest BCUT2D eigenvalue weighted by Gasteiger charge is -2.08. The van der Waals surface area contributed by atoms with Crippen molar-refractivity contribution in [1.29, 1.82) is 5.26 Å². The largest absolute Gasteiger partial charge is 0.325 e. The van der Waals surface area contributed by atoms with Crippen LogP contribution in [-0.2, 0) is 4.79 Å². The van der Waals surface area contributed by atoms with Crippen LogP contribution in [-0.4, -0.2) is 16.6 Å². The minimum atomic E-state index is -0.179. The highest BCUT2D eigenvalue weighted by atomic mass is 35.5. The number of halogens is 1. The fraction of sp³-hybridized carbons (Fsp3) is 0.105. The number of benzene rings is 1. The van der Waals surface area contributed by atoms with Crippen LogP contribution in [0.15, 0.2) is 52.9 Å². The first kappa shape index (κ1) is 18.5. The van der Waals surface area contributed by atoms with Crippen LogP contribution in [0.3, 0.4) is 0 Å². The molecule has 1 aromatic carbocycles. The van der Waals surface area contributed by atoms with Gasteiger partial charge in [-0.3, -0.25) is 4.79 Å². The summed E-state index contributed by atoms with van der Waals surface area (Å²) in [5, 5.41) is 15.2. The summed E-state index contributed by atoms with van der Waals surface area (Å²) in [6.07, 6.45) is 0. The zero-order chi connectivity index (χ0) is 18.5. The van der Waals surface area contributed by atoms with Crippen LogP contribution >= 0.6 is 34.7 Å². The van der Waals surface area contributed by atoms with E-state index in [1.165, 1.54) is 11.8 Å². The number of hydrogen-bond donors (Lipinski definition) is 1. The second-order valence-electron chi connectivity index (χ2n) is 5.44. The van der Waals surface area contributed by atoms with E-state index in [-0.39, 0.29) is 11.7 Å². The lowest BCUT2D eigenvalue weighted by molar-refractivity contribution is -0.113. The Bertz CT molecular complexity index is 981. The van der Waals surface area contributed by atoms with Crippen LogP contribution in [0.4, 0.5) is 5.69 Å². The predicted octanol–water partition coefficient (Wildman–Crippen LogP) is 5.37. The van der Waals surface area contributed by atoms with Crippen molar-refractivity contribution in [2.75, 3.05) is 11.1 Å². The minimum absolute atomic E-state index is 0.154. The second-order valence-corrected chi connectivity index (χ2v) is 7.76. The van der Waals surface area contributed by atoms with Gasteiger partial charge >= 0.3 is 0 Å². The highest BCUT2D eigenvalue weighted by Gasteiger charge is 2.11. The number of aryl methyl sites for hydroxylation is 1. The molecule has 0 unspecified atom stereocenters. The predicted molar refractivity (Wildman–Crippen MR) is 108 cm³/mol. The lowest BCUT2D eigenvalue weighted by atomic mass is 10.2. The molecule has 0 saturated heterocycles. The summed E-state index contributed by atoms with van der Waals surface area (Å²) in [5.74, 6) is -0.0247. The van der Waals surface area contributed by atoms with E-state index >= 15 is 0 Å². The Morgan fingerprint density at radius 3 is 2.88 bits per heavy atom. The van der Waals surface area contributed by atoms with Crippen molar-refractivity contribution in [3.8, 4) is 16.6 Å². The monoisotopic (exact) mass is 399 g/mol. The van der Waals surface area contributed by atoms with Gasteiger partial charge in [-0.25, -0.2) is 4.98 Å². The topological polar surface area (TPSA) is 65.8 Å². The first-order chi connectivity index (χ1) is 12.6. The molecule has 130 valence electrons. The summed E-state index contributed by atoms with van der Waals surface area (Å²) < 4.78 is 0. The first-order valence-electron chi connectivity index (χ1n) is 7.70. The maximum Gasteiger partial charge on any atom is 0.234 e. The minimum Gasteiger partial charge on any atom is -0.325 e. The number of nitriles is 1. The molecule has 0 radical (unpaired) electrons. The molecule has 2 aromatic heterocycles. The Kier molecular flexibility index (Phi) is 5.94. The molecule has 0 aliphatic carbocycles. The molecule has 7 heteroatoms. The third-order valence-corrected chi connectivity index (χ3v) is 5.84. The van der Waals surface area contributed by atoms with Gasteiger partial charge in [0.1, 0.15) is 11.1 Å². The number of pyridine rings is 1. The molecule has 2 heterocycles. The van der Waals surface area contributed by atoms with Crippen molar-refractivity contribution in [2.45, 2.75) is 11.9 Å². The number of thioether (sulfide) groups is 1. The van der Waals surface area contributed by atoms with Gasteiger partial charge in [0.05, 0.1) is 21.9 Å². The Morgan fingerprint density at radius 2 is 2.19 bits per heavy atom. The van der Waals surface area contributed by atoms with Crippen molar-refractivity contribution < 1.29 is 4.79 Å². The number of anilines is 1. The number of amides is 1. The number of rotatable bonds is 5. The highest BCUT2D eigenvalue weighted by molar-refractivity contribution is 8.00. The summed E-state index contributed by atoms with van der Waals surface area (Å²) in [6, 6.07) is 15.0. The van der Waals surface area contributed by atoms with E-state index in [4.69, 9.17) is 11.6 Å². The summed E-state index contributed by atoms with van der Waals surface area (Å²) in [4.78, 5) is 17.8. The van der Waals surface area contributed by atoms with E-state index < -0.39 is 0 Å². The van der Waals surface area contributed by atoms with Crippen molar-refractivity contribution in [3.05, 3.63) is 64.0 Å². The molecule has 0 bridgehead atoms. The molecule has 3 rings (SSSR count). The maximum absolute atomic E-state index is 12.2. The molecule has 0 aliphatic heterocycles. The Hall–Kier alpha value is -2.33. The van der Waals surface area contributed by atoms with Crippen LogP contribution in [0, 0.1) is 18.3 Å². The van der Waals surface area contributed by atoms with Crippen LogP contribution < -0.4 is 5.32 Å². The van der Waals surface area contributed by atoms with Gasteiger partial charge in [-0.2, -0.15) is 5.26 Å². The van der Waals surface area contributed by atoms with Crippen LogP contribution in [0.1, 0.15) is 11.1 Å². The lowest BCUT2D eigenvalue weighted by Crippen LogP contribution is -2.14. The van der Waals surface area contributed by atoms with Gasteiger partial charge in [-0.15, -0.1) is 11.3 Å². The summed E-state index contributed by atoms with van der Waals surface area (Å²) in [7, 11) is 0. The fourth-order valence-corrected chi connectivity index (χ4v) is 3.85.